The van der Waals surface area contributed by atoms with Gasteiger partial charge in [0.15, 0.2) is 0 Å². The van der Waals surface area contributed by atoms with E-state index in [2.05, 4.69) is 16.8 Å². The van der Waals surface area contributed by atoms with Crippen LogP contribution in [0.2, 0.25) is 0 Å². The Bertz CT molecular complexity index is 661. The number of benzene rings is 1. The number of rotatable bonds is 3. The minimum Gasteiger partial charge on any atom is -0.481 e. The van der Waals surface area contributed by atoms with Crippen molar-refractivity contribution in [2.45, 2.75) is 32.9 Å². The molecule has 0 amide bonds. The van der Waals surface area contributed by atoms with E-state index in [4.69, 9.17) is 0 Å². The molecule has 1 aliphatic rings. The van der Waals surface area contributed by atoms with Crippen LogP contribution in [0, 0.1) is 13.8 Å². The number of hydrogen-bond acceptors (Lipinski definition) is 4. The minimum atomic E-state index is -0.751. The number of carboxylic acids is 1. The summed E-state index contributed by atoms with van der Waals surface area (Å²) < 4.78 is 0. The van der Waals surface area contributed by atoms with Crippen LogP contribution in [-0.4, -0.2) is 27.5 Å². The predicted molar refractivity (Wildman–Crippen MR) is 82.5 cm³/mol. The molecule has 21 heavy (non-hydrogen) atoms. The lowest BCUT2D eigenvalue weighted by atomic mass is 9.90. The maximum atomic E-state index is 11.5. The van der Waals surface area contributed by atoms with Crippen molar-refractivity contribution in [1.29, 1.82) is 0 Å². The Morgan fingerprint density at radius 3 is 2.86 bits per heavy atom. The Morgan fingerprint density at radius 2 is 2.19 bits per heavy atom. The third-order valence-electron chi connectivity index (χ3n) is 4.00. The van der Waals surface area contributed by atoms with Crippen molar-refractivity contribution in [3.8, 4) is 0 Å². The van der Waals surface area contributed by atoms with E-state index in [1.165, 1.54) is 4.88 Å². The average Bonchev–Trinajstić information content (AvgIpc) is 2.76. The number of nitrogens with zero attached hydrogens (tertiary/aromatic N) is 2. The molecule has 2 heterocycles. The average molecular weight is 302 g/mol. The summed E-state index contributed by atoms with van der Waals surface area (Å²) in [5, 5.41) is 10.5. The first kappa shape index (κ1) is 14.2. The van der Waals surface area contributed by atoms with Crippen LogP contribution in [0.5, 0.6) is 0 Å². The highest BCUT2D eigenvalue weighted by Crippen LogP contribution is 2.30. The van der Waals surface area contributed by atoms with Crippen LogP contribution in [0.4, 0.5) is 0 Å². The van der Waals surface area contributed by atoms with Crippen LogP contribution in [0.25, 0.3) is 0 Å². The highest BCUT2D eigenvalue weighted by atomic mass is 32.1. The summed E-state index contributed by atoms with van der Waals surface area (Å²) in [5.74, 6) is -1.20. The molecule has 0 aliphatic carbocycles. The van der Waals surface area contributed by atoms with Crippen molar-refractivity contribution in [3.05, 3.63) is 51.0 Å². The fourth-order valence-electron chi connectivity index (χ4n) is 2.81. The van der Waals surface area contributed by atoms with Crippen molar-refractivity contribution in [3.63, 3.8) is 0 Å². The summed E-state index contributed by atoms with van der Waals surface area (Å²) in [4.78, 5) is 19.5. The van der Waals surface area contributed by atoms with Gasteiger partial charge in [-0.05, 0) is 25.0 Å². The monoisotopic (exact) mass is 302 g/mol. The van der Waals surface area contributed by atoms with Crippen LogP contribution < -0.4 is 0 Å². The van der Waals surface area contributed by atoms with Gasteiger partial charge in [-0.1, -0.05) is 24.3 Å². The van der Waals surface area contributed by atoms with Gasteiger partial charge in [0.05, 0.1) is 18.2 Å². The highest BCUT2D eigenvalue weighted by molar-refractivity contribution is 7.11. The largest absolute Gasteiger partial charge is 0.481 e. The van der Waals surface area contributed by atoms with E-state index >= 15 is 0 Å². The normalized spacial score (nSPS) is 18.5. The van der Waals surface area contributed by atoms with Crippen LogP contribution in [0.3, 0.4) is 0 Å². The molecular weight excluding hydrogens is 284 g/mol. The number of fused-ring (bicyclic) bond motifs is 1. The van der Waals surface area contributed by atoms with Crippen molar-refractivity contribution < 1.29 is 9.90 Å². The van der Waals surface area contributed by atoms with Crippen molar-refractivity contribution in [2.75, 3.05) is 6.54 Å². The molecule has 1 aromatic heterocycles. The number of thiazole rings is 1. The third kappa shape index (κ3) is 2.84. The quantitative estimate of drug-likeness (QED) is 0.947. The topological polar surface area (TPSA) is 53.4 Å². The molecule has 1 aromatic carbocycles. The summed E-state index contributed by atoms with van der Waals surface area (Å²) in [6, 6.07) is 7.84. The second-order valence-corrected chi connectivity index (χ2v) is 6.80. The molecule has 1 N–H and O–H groups in total. The fourth-order valence-corrected chi connectivity index (χ4v) is 3.79. The van der Waals surface area contributed by atoms with Gasteiger partial charge in [0.2, 0.25) is 0 Å². The SMILES string of the molecule is Cc1nc(CN2Cc3ccccc3C(C(=O)O)C2)sc1C. The van der Waals surface area contributed by atoms with Gasteiger partial charge in [-0.25, -0.2) is 4.98 Å². The Kier molecular flexibility index (Phi) is 3.78. The van der Waals surface area contributed by atoms with E-state index in [9.17, 15) is 9.90 Å². The summed E-state index contributed by atoms with van der Waals surface area (Å²) in [6.07, 6.45) is 0. The molecule has 110 valence electrons. The molecule has 0 fully saturated rings. The van der Waals surface area contributed by atoms with E-state index in [1.807, 2.05) is 31.2 Å². The summed E-state index contributed by atoms with van der Waals surface area (Å²) >= 11 is 1.70. The van der Waals surface area contributed by atoms with E-state index in [0.29, 0.717) is 6.54 Å². The minimum absolute atomic E-state index is 0.447. The molecular formula is C16H18N2O2S. The molecule has 0 bridgehead atoms. The summed E-state index contributed by atoms with van der Waals surface area (Å²) in [5.41, 5.74) is 3.14. The number of aryl methyl sites for hydroxylation is 2. The van der Waals surface area contributed by atoms with Gasteiger partial charge >= 0.3 is 5.97 Å². The molecule has 0 radical (unpaired) electrons. The molecule has 1 atom stereocenters. The zero-order valence-electron chi connectivity index (χ0n) is 12.2. The lowest BCUT2D eigenvalue weighted by Crippen LogP contribution is -2.36. The molecule has 3 rings (SSSR count). The molecule has 0 saturated carbocycles. The number of carbonyl (C=O) groups is 1. The van der Waals surface area contributed by atoms with Gasteiger partial charge in [-0.3, -0.25) is 9.69 Å². The zero-order chi connectivity index (χ0) is 15.0. The van der Waals surface area contributed by atoms with Gasteiger partial charge < -0.3 is 5.11 Å². The van der Waals surface area contributed by atoms with Gasteiger partial charge in [-0.2, -0.15) is 0 Å². The molecule has 0 spiro atoms. The summed E-state index contributed by atoms with van der Waals surface area (Å²) in [7, 11) is 0. The predicted octanol–water partition coefficient (Wildman–Crippen LogP) is 2.94. The molecule has 5 heteroatoms. The lowest BCUT2D eigenvalue weighted by molar-refractivity contribution is -0.139. The maximum absolute atomic E-state index is 11.5. The van der Waals surface area contributed by atoms with Gasteiger partial charge in [0, 0.05) is 18.0 Å². The molecule has 0 saturated heterocycles. The van der Waals surface area contributed by atoms with Gasteiger partial charge in [0.25, 0.3) is 0 Å². The summed E-state index contributed by atoms with van der Waals surface area (Å²) in [6.45, 7) is 6.14. The first-order chi connectivity index (χ1) is 10.0. The number of carboxylic acid groups (broad SMARTS) is 1. The first-order valence-corrected chi connectivity index (χ1v) is 7.82. The van der Waals surface area contributed by atoms with Crippen molar-refractivity contribution in [2.24, 2.45) is 0 Å². The van der Waals surface area contributed by atoms with E-state index < -0.39 is 11.9 Å². The third-order valence-corrected chi connectivity index (χ3v) is 5.05. The van der Waals surface area contributed by atoms with Crippen LogP contribution >= 0.6 is 11.3 Å². The molecule has 1 unspecified atom stereocenters. The second-order valence-electron chi connectivity index (χ2n) is 5.51. The van der Waals surface area contributed by atoms with Crippen LogP contribution in [0.15, 0.2) is 24.3 Å². The first-order valence-electron chi connectivity index (χ1n) is 7.00. The van der Waals surface area contributed by atoms with E-state index in [0.717, 1.165) is 34.9 Å². The second kappa shape index (κ2) is 5.58. The van der Waals surface area contributed by atoms with E-state index in [1.54, 1.807) is 11.3 Å². The number of hydrogen-bond donors (Lipinski definition) is 1. The van der Waals surface area contributed by atoms with Crippen molar-refractivity contribution >= 4 is 17.3 Å². The zero-order valence-corrected chi connectivity index (χ0v) is 13.0. The Morgan fingerprint density at radius 1 is 1.43 bits per heavy atom. The Hall–Kier alpha value is -1.72. The fraction of sp³-hybridized carbons (Fsp3) is 0.375. The number of aromatic nitrogens is 1. The van der Waals surface area contributed by atoms with Gasteiger partial charge in [-0.15, -0.1) is 11.3 Å². The molecule has 2 aromatic rings. The molecule has 1 aliphatic heterocycles. The highest BCUT2D eigenvalue weighted by Gasteiger charge is 2.30. The van der Waals surface area contributed by atoms with Crippen molar-refractivity contribution in [1.82, 2.24) is 9.88 Å². The smallest absolute Gasteiger partial charge is 0.312 e. The van der Waals surface area contributed by atoms with Gasteiger partial charge in [0.1, 0.15) is 5.01 Å². The maximum Gasteiger partial charge on any atom is 0.312 e. The van der Waals surface area contributed by atoms with E-state index in [-0.39, 0.29) is 0 Å². The van der Waals surface area contributed by atoms with Crippen LogP contribution in [0.1, 0.15) is 32.6 Å². The Labute approximate surface area is 128 Å². The Balaban J connectivity index is 1.84. The van der Waals surface area contributed by atoms with Crippen LogP contribution in [-0.2, 0) is 17.9 Å². The molecule has 4 nitrogen and oxygen atoms in total. The number of aliphatic carboxylic acids is 1. The lowest BCUT2D eigenvalue weighted by Gasteiger charge is -2.32. The standard InChI is InChI=1S/C16H18N2O2S/c1-10-11(2)21-15(17-10)9-18-7-12-5-3-4-6-13(12)14(8-18)16(19)20/h3-6,14H,7-9H2,1-2H3,(H,19,20).